The summed E-state index contributed by atoms with van der Waals surface area (Å²) in [5.41, 5.74) is 1.08. The number of aromatic nitrogens is 2. The molecule has 0 saturated heterocycles. The highest BCUT2D eigenvalue weighted by Gasteiger charge is 2.12. The lowest BCUT2D eigenvalue weighted by atomic mass is 10.1. The van der Waals surface area contributed by atoms with Crippen LogP contribution in [0.15, 0.2) is 6.20 Å². The molecule has 1 rings (SSSR count). The van der Waals surface area contributed by atoms with Gasteiger partial charge in [0.05, 0.1) is 0 Å². The minimum Gasteiger partial charge on any atom is -0.356 e. The molecule has 0 radical (unpaired) electrons. The average Bonchev–Trinajstić information content (AvgIpc) is 2.29. The molecule has 4 heteroatoms. The number of halogens is 1. The lowest BCUT2D eigenvalue weighted by Crippen LogP contribution is -2.29. The molecule has 16 heavy (non-hydrogen) atoms. The Labute approximate surface area is 103 Å². The minimum absolute atomic E-state index is 0.322. The fraction of sp³-hybridized carbons (Fsp3) is 0.667. The average molecular weight is 242 g/mol. The van der Waals surface area contributed by atoms with Crippen LogP contribution in [0.2, 0.25) is 5.28 Å². The number of anilines is 1. The summed E-state index contributed by atoms with van der Waals surface area (Å²) in [6, 6.07) is 0. The van der Waals surface area contributed by atoms with Crippen LogP contribution >= 0.6 is 11.6 Å². The number of rotatable bonds is 5. The van der Waals surface area contributed by atoms with E-state index in [1.165, 1.54) is 6.42 Å². The molecule has 90 valence electrons. The maximum absolute atomic E-state index is 5.84. The van der Waals surface area contributed by atoms with Crippen LogP contribution in [-0.4, -0.2) is 23.1 Å². The van der Waals surface area contributed by atoms with Crippen molar-refractivity contribution in [3.05, 3.63) is 17.0 Å². The largest absolute Gasteiger partial charge is 0.356 e. The first-order valence-corrected chi connectivity index (χ1v) is 6.20. The molecule has 0 spiro atoms. The Kier molecular flexibility index (Phi) is 5.00. The summed E-state index contributed by atoms with van der Waals surface area (Å²) < 4.78 is 0. The van der Waals surface area contributed by atoms with Gasteiger partial charge in [-0.1, -0.05) is 20.3 Å². The lowest BCUT2D eigenvalue weighted by molar-refractivity contribution is 0.544. The number of aryl methyl sites for hydroxylation is 1. The van der Waals surface area contributed by atoms with Crippen molar-refractivity contribution in [1.82, 2.24) is 9.97 Å². The predicted molar refractivity (Wildman–Crippen MR) is 69.1 cm³/mol. The normalized spacial score (nSPS) is 12.6. The Hall–Kier alpha value is -0.830. The molecule has 0 aromatic carbocycles. The third-order valence-corrected chi connectivity index (χ3v) is 3.01. The summed E-state index contributed by atoms with van der Waals surface area (Å²) >= 11 is 5.84. The van der Waals surface area contributed by atoms with Crippen LogP contribution in [0.4, 0.5) is 5.82 Å². The molecule has 3 nitrogen and oxygen atoms in total. The molecule has 0 amide bonds. The molecule has 1 unspecified atom stereocenters. The minimum atomic E-state index is 0.322. The summed E-state index contributed by atoms with van der Waals surface area (Å²) in [5.74, 6) is 1.62. The van der Waals surface area contributed by atoms with Gasteiger partial charge < -0.3 is 4.90 Å². The molecule has 0 N–H and O–H groups in total. The molecule has 0 fully saturated rings. The van der Waals surface area contributed by atoms with Gasteiger partial charge in [0.2, 0.25) is 5.28 Å². The van der Waals surface area contributed by atoms with Crippen molar-refractivity contribution in [2.75, 3.05) is 18.0 Å². The zero-order chi connectivity index (χ0) is 12.1. The molecule has 0 bridgehead atoms. The Morgan fingerprint density at radius 3 is 2.69 bits per heavy atom. The van der Waals surface area contributed by atoms with Crippen LogP contribution in [0, 0.1) is 12.8 Å². The van der Waals surface area contributed by atoms with Crippen molar-refractivity contribution in [2.45, 2.75) is 34.1 Å². The van der Waals surface area contributed by atoms with Gasteiger partial charge in [-0.05, 0) is 31.4 Å². The van der Waals surface area contributed by atoms with Gasteiger partial charge in [0.1, 0.15) is 5.82 Å². The predicted octanol–water partition coefficient (Wildman–Crippen LogP) is 3.31. The van der Waals surface area contributed by atoms with Gasteiger partial charge in [-0.15, -0.1) is 0 Å². The third-order valence-electron chi connectivity index (χ3n) is 2.83. The second kappa shape index (κ2) is 6.04. The summed E-state index contributed by atoms with van der Waals surface area (Å²) in [6.45, 7) is 10.6. The van der Waals surface area contributed by atoms with E-state index in [1.54, 1.807) is 6.20 Å². The Morgan fingerprint density at radius 2 is 2.12 bits per heavy atom. The molecule has 1 aromatic heterocycles. The van der Waals surface area contributed by atoms with E-state index in [2.05, 4.69) is 35.6 Å². The first-order chi connectivity index (χ1) is 7.58. The van der Waals surface area contributed by atoms with Crippen LogP contribution in [-0.2, 0) is 0 Å². The Morgan fingerprint density at radius 1 is 1.44 bits per heavy atom. The molecule has 0 aliphatic rings. The third kappa shape index (κ3) is 3.34. The summed E-state index contributed by atoms with van der Waals surface area (Å²) in [4.78, 5) is 10.6. The van der Waals surface area contributed by atoms with E-state index in [-0.39, 0.29) is 0 Å². The fourth-order valence-corrected chi connectivity index (χ4v) is 1.73. The first kappa shape index (κ1) is 13.2. The Bertz CT molecular complexity index is 341. The van der Waals surface area contributed by atoms with Gasteiger partial charge in [-0.2, -0.15) is 0 Å². The molecule has 0 saturated carbocycles. The molecular formula is C12H20ClN3. The van der Waals surface area contributed by atoms with E-state index >= 15 is 0 Å². The van der Waals surface area contributed by atoms with Crippen molar-refractivity contribution >= 4 is 17.4 Å². The van der Waals surface area contributed by atoms with Crippen molar-refractivity contribution in [3.8, 4) is 0 Å². The van der Waals surface area contributed by atoms with Crippen molar-refractivity contribution in [2.24, 2.45) is 5.92 Å². The highest BCUT2D eigenvalue weighted by Crippen LogP contribution is 2.19. The molecule has 0 aliphatic carbocycles. The molecule has 0 aliphatic heterocycles. The second-order valence-electron chi connectivity index (χ2n) is 4.20. The zero-order valence-electron chi connectivity index (χ0n) is 10.5. The first-order valence-electron chi connectivity index (χ1n) is 5.82. The highest BCUT2D eigenvalue weighted by atomic mass is 35.5. The summed E-state index contributed by atoms with van der Waals surface area (Å²) in [7, 11) is 0. The number of hydrogen-bond acceptors (Lipinski definition) is 3. The van der Waals surface area contributed by atoms with E-state index < -0.39 is 0 Å². The lowest BCUT2D eigenvalue weighted by Gasteiger charge is -2.26. The van der Waals surface area contributed by atoms with Crippen molar-refractivity contribution in [1.29, 1.82) is 0 Å². The van der Waals surface area contributed by atoms with Crippen molar-refractivity contribution < 1.29 is 0 Å². The van der Waals surface area contributed by atoms with Crippen LogP contribution < -0.4 is 4.90 Å². The van der Waals surface area contributed by atoms with E-state index in [4.69, 9.17) is 11.6 Å². The second-order valence-corrected chi connectivity index (χ2v) is 4.54. The molecule has 1 aromatic rings. The van der Waals surface area contributed by atoms with Gasteiger partial charge in [0.25, 0.3) is 0 Å². The van der Waals surface area contributed by atoms with Crippen molar-refractivity contribution in [3.63, 3.8) is 0 Å². The van der Waals surface area contributed by atoms with E-state index in [1.807, 2.05) is 6.92 Å². The van der Waals surface area contributed by atoms with Crippen LogP contribution in [0.1, 0.15) is 32.8 Å². The van der Waals surface area contributed by atoms with Gasteiger partial charge in [0, 0.05) is 24.8 Å². The van der Waals surface area contributed by atoms with Crippen LogP contribution in [0.25, 0.3) is 0 Å². The van der Waals surface area contributed by atoms with Crippen LogP contribution in [0.3, 0.4) is 0 Å². The van der Waals surface area contributed by atoms with E-state index in [9.17, 15) is 0 Å². The summed E-state index contributed by atoms with van der Waals surface area (Å²) in [6.07, 6.45) is 2.96. The molecule has 1 heterocycles. The highest BCUT2D eigenvalue weighted by molar-refractivity contribution is 6.28. The van der Waals surface area contributed by atoms with Crippen LogP contribution in [0.5, 0.6) is 0 Å². The van der Waals surface area contributed by atoms with Gasteiger partial charge >= 0.3 is 0 Å². The van der Waals surface area contributed by atoms with Gasteiger partial charge in [-0.3, -0.25) is 0 Å². The fourth-order valence-electron chi connectivity index (χ4n) is 1.60. The van der Waals surface area contributed by atoms with E-state index in [0.717, 1.165) is 24.5 Å². The quantitative estimate of drug-likeness (QED) is 0.741. The smallest absolute Gasteiger partial charge is 0.224 e. The zero-order valence-corrected chi connectivity index (χ0v) is 11.3. The maximum Gasteiger partial charge on any atom is 0.224 e. The Balaban J connectivity index is 2.89. The van der Waals surface area contributed by atoms with E-state index in [0.29, 0.717) is 11.2 Å². The molecular weight excluding hydrogens is 222 g/mol. The van der Waals surface area contributed by atoms with Gasteiger partial charge in [0.15, 0.2) is 0 Å². The monoisotopic (exact) mass is 241 g/mol. The SMILES string of the molecule is CCC(C)CN(CC)c1nc(Cl)ncc1C. The standard InChI is InChI=1S/C12H20ClN3/c1-5-9(3)8-16(6-2)11-10(4)7-14-12(13)15-11/h7,9H,5-6,8H2,1-4H3. The maximum atomic E-state index is 5.84. The number of nitrogens with zero attached hydrogens (tertiary/aromatic N) is 3. The molecule has 1 atom stereocenters. The number of hydrogen-bond donors (Lipinski definition) is 0. The topological polar surface area (TPSA) is 29.0 Å². The van der Waals surface area contributed by atoms with Gasteiger partial charge in [-0.25, -0.2) is 9.97 Å². The summed E-state index contributed by atoms with van der Waals surface area (Å²) in [5, 5.41) is 0.322.